The highest BCUT2D eigenvalue weighted by Gasteiger charge is 2.48. The van der Waals surface area contributed by atoms with E-state index in [-0.39, 0.29) is 29.5 Å². The minimum Gasteiger partial charge on any atom is -0.497 e. The number of alkyl carbamates (subject to hydrolysis) is 1. The first-order valence-corrected chi connectivity index (χ1v) is 18.0. The Hall–Kier alpha value is -5.82. The first-order chi connectivity index (χ1) is 27.6. The molecule has 0 aliphatic heterocycles. The number of Topliss-reactive ketones (excluding diaryl/α,β-unsaturated/α-hetero) is 1. The van der Waals surface area contributed by atoms with Crippen molar-refractivity contribution in [2.24, 2.45) is 5.92 Å². The zero-order valence-corrected chi connectivity index (χ0v) is 33.0. The molecule has 0 heterocycles. The quantitative estimate of drug-likeness (QED) is 0.118. The molecule has 0 spiro atoms. The van der Waals surface area contributed by atoms with Crippen LogP contribution in [-0.4, -0.2) is 66.7 Å². The number of hydrogen-bond acceptors (Lipinski definition) is 7. The van der Waals surface area contributed by atoms with Gasteiger partial charge in [0.1, 0.15) is 23.4 Å². The number of methoxy groups -OCH3 is 1. The molecule has 4 amide bonds. The summed E-state index contributed by atoms with van der Waals surface area (Å²) in [5.74, 6) is -11.1. The number of hydrogen-bond donors (Lipinski definition) is 4. The van der Waals surface area contributed by atoms with Gasteiger partial charge in [0.15, 0.2) is 5.92 Å². The molecule has 0 saturated carbocycles. The molecule has 0 aliphatic carbocycles. The summed E-state index contributed by atoms with van der Waals surface area (Å²) < 4.78 is 135. The number of alkyl halides is 9. The summed E-state index contributed by atoms with van der Waals surface area (Å²) in [4.78, 5) is 65.7. The first kappa shape index (κ1) is 48.5. The number of amides is 4. The molecular weight excluding hydrogens is 819 g/mol. The van der Waals surface area contributed by atoms with Gasteiger partial charge >= 0.3 is 24.6 Å². The molecule has 0 aromatic heterocycles. The Morgan fingerprint density at radius 2 is 1.27 bits per heavy atom. The van der Waals surface area contributed by atoms with E-state index in [1.165, 1.54) is 69.5 Å². The number of rotatable bonds is 15. The Kier molecular flexibility index (Phi) is 15.8. The van der Waals surface area contributed by atoms with Crippen LogP contribution in [0.4, 0.5) is 44.3 Å². The lowest BCUT2D eigenvalue weighted by atomic mass is 9.94. The SMILES string of the molecule is COc1ccc(C(NC(=O)C(Cc2ccc(CNC(=O)OC(C)(C)C)cc2)NC(=O)C(c2cccc(C(F)(F)F)c2)C(F)(F)F)C(=O)NC(C(=O)C(F)(F)F)C(C)C)cc1. The molecule has 3 rings (SSSR count). The van der Waals surface area contributed by atoms with E-state index in [4.69, 9.17) is 9.47 Å². The van der Waals surface area contributed by atoms with Crippen LogP contribution in [0.25, 0.3) is 0 Å². The van der Waals surface area contributed by atoms with Crippen molar-refractivity contribution in [1.29, 1.82) is 0 Å². The van der Waals surface area contributed by atoms with Crippen molar-refractivity contribution in [2.75, 3.05) is 7.11 Å². The average molecular weight is 863 g/mol. The third-order valence-electron chi connectivity index (χ3n) is 8.59. The molecule has 0 fully saturated rings. The highest BCUT2D eigenvalue weighted by molar-refractivity contribution is 5.97. The van der Waals surface area contributed by atoms with Crippen molar-refractivity contribution >= 4 is 29.6 Å². The number of ketones is 1. The lowest BCUT2D eigenvalue weighted by Gasteiger charge is -2.28. The minimum atomic E-state index is -5.50. The van der Waals surface area contributed by atoms with Gasteiger partial charge in [0.2, 0.25) is 17.7 Å². The van der Waals surface area contributed by atoms with E-state index >= 15 is 0 Å². The van der Waals surface area contributed by atoms with Gasteiger partial charge in [-0.25, -0.2) is 4.79 Å². The maximum absolute atomic E-state index is 14.5. The molecule has 0 bridgehead atoms. The molecule has 0 aliphatic rings. The summed E-state index contributed by atoms with van der Waals surface area (Å²) in [6, 6.07) is 6.59. The molecule has 3 aromatic carbocycles. The Balaban J connectivity index is 2.07. The minimum absolute atomic E-state index is 0.0486. The number of carbonyl (C=O) groups is 5. The largest absolute Gasteiger partial charge is 0.497 e. The van der Waals surface area contributed by atoms with Crippen LogP contribution in [0.5, 0.6) is 5.75 Å². The van der Waals surface area contributed by atoms with Crippen LogP contribution >= 0.6 is 0 Å². The van der Waals surface area contributed by atoms with Gasteiger partial charge in [-0.1, -0.05) is 68.4 Å². The monoisotopic (exact) mass is 862 g/mol. The zero-order valence-electron chi connectivity index (χ0n) is 33.0. The predicted molar refractivity (Wildman–Crippen MR) is 197 cm³/mol. The molecule has 60 heavy (non-hydrogen) atoms. The molecular formula is C40H43F9N4O7. The Morgan fingerprint density at radius 1 is 0.683 bits per heavy atom. The second-order valence-electron chi connectivity index (χ2n) is 14.8. The normalized spacial score (nSPS) is 14.3. The van der Waals surface area contributed by atoms with Gasteiger partial charge < -0.3 is 30.7 Å². The first-order valence-electron chi connectivity index (χ1n) is 18.0. The molecule has 4 unspecified atom stereocenters. The Labute approximate surface area is 338 Å². The summed E-state index contributed by atoms with van der Waals surface area (Å²) in [7, 11) is 1.29. The van der Waals surface area contributed by atoms with E-state index in [0.29, 0.717) is 23.8 Å². The van der Waals surface area contributed by atoms with Gasteiger partial charge in [-0.3, -0.25) is 19.2 Å². The molecule has 4 N–H and O–H groups in total. The zero-order chi connectivity index (χ0) is 45.4. The van der Waals surface area contributed by atoms with Crippen molar-refractivity contribution in [3.05, 3.63) is 101 Å². The topological polar surface area (TPSA) is 152 Å². The average Bonchev–Trinajstić information content (AvgIpc) is 3.13. The molecule has 4 atom stereocenters. The third kappa shape index (κ3) is 14.2. The Morgan fingerprint density at radius 3 is 1.77 bits per heavy atom. The number of ether oxygens (including phenoxy) is 2. The fraction of sp³-hybridized carbons (Fsp3) is 0.425. The van der Waals surface area contributed by atoms with Gasteiger partial charge in [-0.15, -0.1) is 0 Å². The summed E-state index contributed by atoms with van der Waals surface area (Å²) in [6.45, 7) is 7.31. The maximum Gasteiger partial charge on any atom is 0.452 e. The maximum atomic E-state index is 14.5. The number of carbonyl (C=O) groups excluding carboxylic acids is 5. The van der Waals surface area contributed by atoms with Crippen LogP contribution in [0, 0.1) is 5.92 Å². The van der Waals surface area contributed by atoms with Gasteiger partial charge in [0.05, 0.1) is 18.7 Å². The van der Waals surface area contributed by atoms with E-state index < -0.39 is 101 Å². The lowest BCUT2D eigenvalue weighted by molar-refractivity contribution is -0.175. The van der Waals surface area contributed by atoms with Crippen LogP contribution in [0.3, 0.4) is 0 Å². The number of benzene rings is 3. The van der Waals surface area contributed by atoms with Crippen LogP contribution in [0.2, 0.25) is 0 Å². The number of nitrogens with one attached hydrogen (secondary N) is 4. The fourth-order valence-electron chi connectivity index (χ4n) is 5.65. The fourth-order valence-corrected chi connectivity index (χ4v) is 5.65. The molecule has 0 saturated heterocycles. The van der Waals surface area contributed by atoms with Crippen molar-refractivity contribution in [3.63, 3.8) is 0 Å². The molecule has 328 valence electrons. The van der Waals surface area contributed by atoms with E-state index in [1.54, 1.807) is 20.8 Å². The molecule has 20 heteroatoms. The molecule has 3 aromatic rings. The highest BCUT2D eigenvalue weighted by atomic mass is 19.4. The van der Waals surface area contributed by atoms with Crippen molar-refractivity contribution in [3.8, 4) is 5.75 Å². The Bertz CT molecular complexity index is 1980. The van der Waals surface area contributed by atoms with Crippen LogP contribution in [0.1, 0.15) is 74.4 Å². The summed E-state index contributed by atoms with van der Waals surface area (Å²) in [5.41, 5.74) is -2.84. The van der Waals surface area contributed by atoms with E-state index in [1.807, 2.05) is 10.6 Å². The molecule has 0 radical (unpaired) electrons. The van der Waals surface area contributed by atoms with Crippen molar-refractivity contribution in [2.45, 2.75) is 95.8 Å². The van der Waals surface area contributed by atoms with E-state index in [2.05, 4.69) is 10.6 Å². The van der Waals surface area contributed by atoms with Crippen LogP contribution in [-0.2, 0) is 43.1 Å². The van der Waals surface area contributed by atoms with Gasteiger partial charge in [0, 0.05) is 13.0 Å². The van der Waals surface area contributed by atoms with Crippen LogP contribution in [0.15, 0.2) is 72.8 Å². The second kappa shape index (κ2) is 19.5. The van der Waals surface area contributed by atoms with Gasteiger partial charge in [-0.05, 0) is 67.1 Å². The van der Waals surface area contributed by atoms with Crippen LogP contribution < -0.4 is 26.0 Å². The summed E-state index contributed by atoms with van der Waals surface area (Å²) in [5, 5.41) is 8.67. The second-order valence-corrected chi connectivity index (χ2v) is 14.8. The van der Waals surface area contributed by atoms with Crippen molar-refractivity contribution < 1.29 is 73.0 Å². The lowest BCUT2D eigenvalue weighted by Crippen LogP contribution is -2.55. The van der Waals surface area contributed by atoms with Gasteiger partial charge in [-0.2, -0.15) is 39.5 Å². The summed E-state index contributed by atoms with van der Waals surface area (Å²) in [6.07, 6.45) is -17.3. The number of halogens is 9. The van der Waals surface area contributed by atoms with E-state index in [9.17, 15) is 63.5 Å². The predicted octanol–water partition coefficient (Wildman–Crippen LogP) is 7.24. The smallest absolute Gasteiger partial charge is 0.452 e. The highest BCUT2D eigenvalue weighted by Crippen LogP contribution is 2.38. The summed E-state index contributed by atoms with van der Waals surface area (Å²) >= 11 is 0. The standard InChI is InChI=1S/C40H43F9N4O7/c1-21(2)30(32(54)40(47,48)49)52-35(57)31(24-14-16-27(59-6)17-15-24)53-33(55)28(18-22-10-12-23(13-11-22)20-50-36(58)60-37(3,4)5)51-34(56)29(39(44,45)46)25-8-7-9-26(19-25)38(41,42)43/h7-17,19,21,28-31H,18,20H2,1-6H3,(H,50,58)(H,51,56)(H,52,57)(H,53,55). The molecule has 11 nitrogen and oxygen atoms in total. The van der Waals surface area contributed by atoms with E-state index in [0.717, 1.165) is 0 Å². The third-order valence-corrected chi connectivity index (χ3v) is 8.59. The van der Waals surface area contributed by atoms with Gasteiger partial charge in [0.25, 0.3) is 5.78 Å². The van der Waals surface area contributed by atoms with Crippen molar-refractivity contribution in [1.82, 2.24) is 21.3 Å².